The molecule has 5 nitrogen and oxygen atoms in total. The first-order valence-corrected chi connectivity index (χ1v) is 8.33. The lowest BCUT2D eigenvalue weighted by atomic mass is 9.71. The number of carbonyl (C=O) groups excluding carboxylic acids is 2. The van der Waals surface area contributed by atoms with Gasteiger partial charge in [0.25, 0.3) is 0 Å². The number of hydrogen-bond donors (Lipinski definition) is 3. The monoisotopic (exact) mass is 317 g/mol. The summed E-state index contributed by atoms with van der Waals surface area (Å²) in [4.78, 5) is 23.7. The van der Waals surface area contributed by atoms with Crippen molar-refractivity contribution in [2.45, 2.75) is 52.4 Å². The van der Waals surface area contributed by atoms with Crippen LogP contribution in [0.1, 0.15) is 51.0 Å². The second-order valence-corrected chi connectivity index (χ2v) is 6.65. The van der Waals surface area contributed by atoms with Gasteiger partial charge < -0.3 is 16.4 Å². The lowest BCUT2D eigenvalue weighted by molar-refractivity contribution is -0.119. The molecule has 2 amide bonds. The van der Waals surface area contributed by atoms with Crippen LogP contribution in [0, 0.1) is 12.3 Å². The van der Waals surface area contributed by atoms with Crippen molar-refractivity contribution in [1.29, 1.82) is 0 Å². The summed E-state index contributed by atoms with van der Waals surface area (Å²) >= 11 is 0. The van der Waals surface area contributed by atoms with Crippen LogP contribution in [0.15, 0.2) is 18.2 Å². The van der Waals surface area contributed by atoms with Gasteiger partial charge in [-0.05, 0) is 49.4 Å². The Morgan fingerprint density at radius 1 is 1.13 bits per heavy atom. The predicted molar refractivity (Wildman–Crippen MR) is 93.3 cm³/mol. The summed E-state index contributed by atoms with van der Waals surface area (Å²) in [6.45, 7) is 3.92. The molecular weight excluding hydrogens is 290 g/mol. The minimum Gasteiger partial charge on any atom is -0.330 e. The molecule has 1 saturated carbocycles. The van der Waals surface area contributed by atoms with Gasteiger partial charge in [-0.2, -0.15) is 0 Å². The fourth-order valence-electron chi connectivity index (χ4n) is 3.39. The summed E-state index contributed by atoms with van der Waals surface area (Å²) in [5.74, 6) is -0.124. The van der Waals surface area contributed by atoms with Gasteiger partial charge in [0.1, 0.15) is 0 Å². The Morgan fingerprint density at radius 2 is 1.74 bits per heavy atom. The minimum absolute atomic E-state index is 0.000394. The van der Waals surface area contributed by atoms with Crippen molar-refractivity contribution in [3.63, 3.8) is 0 Å². The highest BCUT2D eigenvalue weighted by Gasteiger charge is 2.33. The van der Waals surface area contributed by atoms with E-state index in [4.69, 9.17) is 5.73 Å². The Hall–Kier alpha value is -1.88. The Morgan fingerprint density at radius 3 is 2.30 bits per heavy atom. The standard InChI is InChI=1S/C18H27N3O2/c1-13-15(20-14(2)22)7-6-8-16(13)21-17(23)11-18(12-19)9-4-3-5-10-18/h6-8H,3-5,9-12,19H2,1-2H3,(H,20,22)(H,21,23). The Labute approximate surface area is 138 Å². The van der Waals surface area contributed by atoms with Crippen LogP contribution in [0.5, 0.6) is 0 Å². The number of hydrogen-bond acceptors (Lipinski definition) is 3. The molecule has 126 valence electrons. The maximum absolute atomic E-state index is 12.5. The van der Waals surface area contributed by atoms with E-state index in [9.17, 15) is 9.59 Å². The number of carbonyl (C=O) groups is 2. The molecule has 1 aromatic carbocycles. The van der Waals surface area contributed by atoms with Crippen LogP contribution in [0.4, 0.5) is 11.4 Å². The molecule has 0 unspecified atom stereocenters. The third-order valence-corrected chi connectivity index (χ3v) is 4.80. The quantitative estimate of drug-likeness (QED) is 0.779. The van der Waals surface area contributed by atoms with Crippen LogP contribution in [0.25, 0.3) is 0 Å². The summed E-state index contributed by atoms with van der Waals surface area (Å²) in [7, 11) is 0. The van der Waals surface area contributed by atoms with Crippen molar-refractivity contribution in [1.82, 2.24) is 0 Å². The zero-order chi connectivity index (χ0) is 16.9. The van der Waals surface area contributed by atoms with Crippen molar-refractivity contribution in [3.8, 4) is 0 Å². The van der Waals surface area contributed by atoms with Crippen LogP contribution in [-0.2, 0) is 9.59 Å². The van der Waals surface area contributed by atoms with Gasteiger partial charge in [-0.1, -0.05) is 25.3 Å². The molecule has 5 heteroatoms. The van der Waals surface area contributed by atoms with Crippen molar-refractivity contribution in [3.05, 3.63) is 23.8 Å². The Balaban J connectivity index is 2.06. The van der Waals surface area contributed by atoms with E-state index in [2.05, 4.69) is 10.6 Å². The van der Waals surface area contributed by atoms with E-state index in [0.717, 1.165) is 42.6 Å². The largest absolute Gasteiger partial charge is 0.330 e. The van der Waals surface area contributed by atoms with Crippen molar-refractivity contribution in [2.75, 3.05) is 17.2 Å². The van der Waals surface area contributed by atoms with E-state index in [-0.39, 0.29) is 17.2 Å². The molecule has 0 atom stereocenters. The molecule has 0 spiro atoms. The minimum atomic E-state index is -0.124. The summed E-state index contributed by atoms with van der Waals surface area (Å²) in [5, 5.41) is 5.76. The lowest BCUT2D eigenvalue weighted by Gasteiger charge is -2.35. The first-order valence-electron chi connectivity index (χ1n) is 8.33. The number of benzene rings is 1. The molecule has 0 aliphatic heterocycles. The van der Waals surface area contributed by atoms with Crippen molar-refractivity contribution in [2.24, 2.45) is 11.1 Å². The maximum atomic E-state index is 12.5. The van der Waals surface area contributed by atoms with E-state index < -0.39 is 0 Å². The van der Waals surface area contributed by atoms with Gasteiger partial charge >= 0.3 is 0 Å². The molecule has 0 bridgehead atoms. The highest BCUT2D eigenvalue weighted by atomic mass is 16.2. The molecule has 0 radical (unpaired) electrons. The third kappa shape index (κ3) is 4.55. The average Bonchev–Trinajstić information content (AvgIpc) is 2.51. The summed E-state index contributed by atoms with van der Waals surface area (Å²) in [6, 6.07) is 5.51. The summed E-state index contributed by atoms with van der Waals surface area (Å²) in [6.07, 6.45) is 6.07. The van der Waals surface area contributed by atoms with E-state index in [1.807, 2.05) is 25.1 Å². The van der Waals surface area contributed by atoms with E-state index in [1.54, 1.807) is 0 Å². The van der Waals surface area contributed by atoms with Gasteiger partial charge in [-0.3, -0.25) is 9.59 Å². The molecule has 1 aliphatic rings. The van der Waals surface area contributed by atoms with Crippen LogP contribution in [0.2, 0.25) is 0 Å². The second-order valence-electron chi connectivity index (χ2n) is 6.65. The molecule has 2 rings (SSSR count). The number of rotatable bonds is 5. The fraction of sp³-hybridized carbons (Fsp3) is 0.556. The van der Waals surface area contributed by atoms with Crippen LogP contribution in [0.3, 0.4) is 0 Å². The van der Waals surface area contributed by atoms with E-state index in [0.29, 0.717) is 13.0 Å². The van der Waals surface area contributed by atoms with E-state index >= 15 is 0 Å². The molecule has 1 aromatic rings. The highest BCUT2D eigenvalue weighted by Crippen LogP contribution is 2.38. The van der Waals surface area contributed by atoms with Crippen LogP contribution < -0.4 is 16.4 Å². The molecule has 4 N–H and O–H groups in total. The number of anilines is 2. The third-order valence-electron chi connectivity index (χ3n) is 4.80. The molecule has 0 aromatic heterocycles. The molecule has 1 fully saturated rings. The van der Waals surface area contributed by atoms with Gasteiger partial charge in [0.05, 0.1) is 0 Å². The molecular formula is C18H27N3O2. The number of nitrogens with one attached hydrogen (secondary N) is 2. The Bertz CT molecular complexity index is 578. The topological polar surface area (TPSA) is 84.2 Å². The van der Waals surface area contributed by atoms with Gasteiger partial charge in [-0.15, -0.1) is 0 Å². The summed E-state index contributed by atoms with van der Waals surface area (Å²) in [5.41, 5.74) is 8.24. The smallest absolute Gasteiger partial charge is 0.224 e. The van der Waals surface area contributed by atoms with Gasteiger partial charge in [0, 0.05) is 24.7 Å². The first-order chi connectivity index (χ1) is 11.0. The fourth-order valence-corrected chi connectivity index (χ4v) is 3.39. The van der Waals surface area contributed by atoms with Crippen molar-refractivity contribution >= 4 is 23.2 Å². The van der Waals surface area contributed by atoms with Gasteiger partial charge in [-0.25, -0.2) is 0 Å². The molecule has 23 heavy (non-hydrogen) atoms. The lowest BCUT2D eigenvalue weighted by Crippen LogP contribution is -2.36. The number of nitrogens with two attached hydrogens (primary N) is 1. The average molecular weight is 317 g/mol. The first kappa shape index (κ1) is 17.5. The zero-order valence-electron chi connectivity index (χ0n) is 14.1. The SMILES string of the molecule is CC(=O)Nc1cccc(NC(=O)CC2(CN)CCCCC2)c1C. The normalized spacial score (nSPS) is 16.7. The Kier molecular flexibility index (Phi) is 5.77. The molecule has 0 saturated heterocycles. The predicted octanol–water partition coefficient (Wildman–Crippen LogP) is 3.19. The molecule has 0 heterocycles. The highest BCUT2D eigenvalue weighted by molar-refractivity contribution is 5.95. The van der Waals surface area contributed by atoms with Crippen LogP contribution >= 0.6 is 0 Å². The second kappa shape index (κ2) is 7.59. The van der Waals surface area contributed by atoms with Crippen molar-refractivity contribution < 1.29 is 9.59 Å². The summed E-state index contributed by atoms with van der Waals surface area (Å²) < 4.78 is 0. The van der Waals surface area contributed by atoms with E-state index in [1.165, 1.54) is 13.3 Å². The maximum Gasteiger partial charge on any atom is 0.224 e. The molecule has 1 aliphatic carbocycles. The number of amides is 2. The van der Waals surface area contributed by atoms with Crippen LogP contribution in [-0.4, -0.2) is 18.4 Å². The van der Waals surface area contributed by atoms with Gasteiger partial charge in [0.2, 0.25) is 11.8 Å². The zero-order valence-corrected chi connectivity index (χ0v) is 14.1. The van der Waals surface area contributed by atoms with Gasteiger partial charge in [0.15, 0.2) is 0 Å².